The quantitative estimate of drug-likeness (QED) is 0.471. The summed E-state index contributed by atoms with van der Waals surface area (Å²) < 4.78 is 41.2. The zero-order chi connectivity index (χ0) is 24.0. The van der Waals surface area contributed by atoms with E-state index in [2.05, 4.69) is 14.7 Å². The monoisotopic (exact) mass is 458 g/mol. The molecule has 0 saturated carbocycles. The Kier molecular flexibility index (Phi) is 7.27. The van der Waals surface area contributed by atoms with Crippen LogP contribution in [0.3, 0.4) is 0 Å². The Hall–Kier alpha value is -3.95. The van der Waals surface area contributed by atoms with Crippen LogP contribution in [0.15, 0.2) is 60.9 Å². The number of hydrogen-bond acceptors (Lipinski definition) is 5. The summed E-state index contributed by atoms with van der Waals surface area (Å²) >= 11 is 0. The number of halogens is 3. The van der Waals surface area contributed by atoms with Crippen molar-refractivity contribution in [1.29, 1.82) is 0 Å². The lowest BCUT2D eigenvalue weighted by Gasteiger charge is -2.24. The molecule has 2 aromatic carbocycles. The van der Waals surface area contributed by atoms with Gasteiger partial charge in [0.1, 0.15) is 11.6 Å². The van der Waals surface area contributed by atoms with Crippen LogP contribution in [0.25, 0.3) is 11.1 Å². The average Bonchev–Trinajstić information content (AvgIpc) is 2.81. The first-order valence-electron chi connectivity index (χ1n) is 9.95. The summed E-state index contributed by atoms with van der Waals surface area (Å²) in [7, 11) is 1.53. The molecule has 10 heteroatoms. The molecule has 1 aromatic heterocycles. The molecule has 0 bridgehead atoms. The molecule has 0 aliphatic heterocycles. The Morgan fingerprint density at radius 3 is 2.27 bits per heavy atom. The highest BCUT2D eigenvalue weighted by atomic mass is 19.4. The van der Waals surface area contributed by atoms with Gasteiger partial charge in [-0.2, -0.15) is 0 Å². The fourth-order valence-corrected chi connectivity index (χ4v) is 3.18. The minimum Gasteiger partial charge on any atom is -0.406 e. The van der Waals surface area contributed by atoms with Crippen LogP contribution in [-0.4, -0.2) is 47.1 Å². The van der Waals surface area contributed by atoms with Gasteiger partial charge in [0, 0.05) is 26.0 Å². The molecule has 1 heterocycles. The van der Waals surface area contributed by atoms with E-state index < -0.39 is 6.36 Å². The number of alkyl halides is 3. The standard InChI is InChI=1S/C23H21F3N4O3/c1-3-30(14-21-27-11-4-12-28-21)22(32)19-13-17(7-10-20(19)29(2)15-31)16-5-8-18(9-6-16)33-23(24,25)26/h4-13,15H,3,14H2,1-2H3. The lowest BCUT2D eigenvalue weighted by atomic mass is 10.0. The molecule has 0 spiro atoms. The molecule has 0 saturated heterocycles. The predicted molar refractivity (Wildman–Crippen MR) is 115 cm³/mol. The maximum absolute atomic E-state index is 13.4. The smallest absolute Gasteiger partial charge is 0.406 e. The summed E-state index contributed by atoms with van der Waals surface area (Å²) in [5.41, 5.74) is 1.82. The summed E-state index contributed by atoms with van der Waals surface area (Å²) in [4.78, 5) is 35.9. The zero-order valence-corrected chi connectivity index (χ0v) is 17.9. The summed E-state index contributed by atoms with van der Waals surface area (Å²) in [5, 5.41) is 0. The number of rotatable bonds is 8. The van der Waals surface area contributed by atoms with E-state index in [1.54, 1.807) is 36.7 Å². The Labute approximate surface area is 188 Å². The number of hydrogen-bond donors (Lipinski definition) is 0. The highest BCUT2D eigenvalue weighted by Crippen LogP contribution is 2.30. The van der Waals surface area contributed by atoms with Crippen LogP contribution >= 0.6 is 0 Å². The summed E-state index contributed by atoms with van der Waals surface area (Å²) in [6, 6.07) is 11.9. The lowest BCUT2D eigenvalue weighted by molar-refractivity contribution is -0.274. The maximum atomic E-state index is 13.4. The van der Waals surface area contributed by atoms with Gasteiger partial charge in [0.2, 0.25) is 6.41 Å². The first-order valence-corrected chi connectivity index (χ1v) is 9.95. The maximum Gasteiger partial charge on any atom is 0.573 e. The first kappa shape index (κ1) is 23.7. The number of carbonyl (C=O) groups is 2. The average molecular weight is 458 g/mol. The van der Waals surface area contributed by atoms with E-state index in [0.29, 0.717) is 35.6 Å². The third kappa shape index (κ3) is 6.06. The predicted octanol–water partition coefficient (Wildman–Crippen LogP) is 4.30. The van der Waals surface area contributed by atoms with Gasteiger partial charge in [-0.25, -0.2) is 9.97 Å². The van der Waals surface area contributed by atoms with Crippen molar-refractivity contribution in [3.63, 3.8) is 0 Å². The second kappa shape index (κ2) is 10.1. The van der Waals surface area contributed by atoms with Gasteiger partial charge in [0.25, 0.3) is 5.91 Å². The van der Waals surface area contributed by atoms with E-state index in [-0.39, 0.29) is 23.8 Å². The van der Waals surface area contributed by atoms with E-state index in [0.717, 1.165) is 0 Å². The Morgan fingerprint density at radius 1 is 1.06 bits per heavy atom. The van der Waals surface area contributed by atoms with Crippen molar-refractivity contribution in [2.75, 3.05) is 18.5 Å². The van der Waals surface area contributed by atoms with E-state index in [9.17, 15) is 22.8 Å². The SMILES string of the molecule is CCN(Cc1ncccn1)C(=O)c1cc(-c2ccc(OC(F)(F)F)cc2)ccc1N(C)C=O. The van der Waals surface area contributed by atoms with Gasteiger partial charge < -0.3 is 14.5 Å². The Bertz CT molecular complexity index is 1110. The van der Waals surface area contributed by atoms with Crippen LogP contribution in [0.5, 0.6) is 5.75 Å². The second-order valence-electron chi connectivity index (χ2n) is 7.00. The van der Waals surface area contributed by atoms with Crippen molar-refractivity contribution < 1.29 is 27.5 Å². The van der Waals surface area contributed by atoms with Crippen molar-refractivity contribution in [2.24, 2.45) is 0 Å². The number of nitrogens with zero attached hydrogens (tertiary/aromatic N) is 4. The number of amides is 2. The largest absolute Gasteiger partial charge is 0.573 e. The van der Waals surface area contributed by atoms with Crippen molar-refractivity contribution in [3.8, 4) is 16.9 Å². The van der Waals surface area contributed by atoms with E-state index in [1.807, 2.05) is 6.92 Å². The van der Waals surface area contributed by atoms with Gasteiger partial charge in [-0.05, 0) is 48.4 Å². The molecule has 33 heavy (non-hydrogen) atoms. The van der Waals surface area contributed by atoms with Crippen LogP contribution in [0, 0.1) is 0 Å². The van der Waals surface area contributed by atoms with E-state index >= 15 is 0 Å². The normalized spacial score (nSPS) is 11.1. The molecule has 0 fully saturated rings. The van der Waals surface area contributed by atoms with E-state index in [1.165, 1.54) is 41.1 Å². The molecule has 7 nitrogen and oxygen atoms in total. The van der Waals surface area contributed by atoms with Crippen LogP contribution in [-0.2, 0) is 11.3 Å². The van der Waals surface area contributed by atoms with Gasteiger partial charge in [-0.3, -0.25) is 9.59 Å². The molecular formula is C23H21F3N4O3. The van der Waals surface area contributed by atoms with Crippen LogP contribution in [0.2, 0.25) is 0 Å². The minimum absolute atomic E-state index is 0.175. The first-order chi connectivity index (χ1) is 15.7. The summed E-state index contributed by atoms with van der Waals surface area (Å²) in [6.45, 7) is 2.36. The molecule has 0 atom stereocenters. The molecule has 0 N–H and O–H groups in total. The molecule has 0 aliphatic rings. The fraction of sp³-hybridized carbons (Fsp3) is 0.217. The van der Waals surface area contributed by atoms with Crippen molar-refractivity contribution in [2.45, 2.75) is 19.8 Å². The molecule has 3 rings (SSSR count). The van der Waals surface area contributed by atoms with Crippen molar-refractivity contribution in [3.05, 3.63) is 72.3 Å². The van der Waals surface area contributed by atoms with Crippen LogP contribution < -0.4 is 9.64 Å². The van der Waals surface area contributed by atoms with Gasteiger partial charge >= 0.3 is 6.36 Å². The van der Waals surface area contributed by atoms with E-state index in [4.69, 9.17) is 0 Å². The molecule has 3 aromatic rings. The number of ether oxygens (including phenoxy) is 1. The van der Waals surface area contributed by atoms with Crippen molar-refractivity contribution in [1.82, 2.24) is 14.9 Å². The number of benzene rings is 2. The third-order valence-electron chi connectivity index (χ3n) is 4.81. The van der Waals surface area contributed by atoms with Crippen LogP contribution in [0.4, 0.5) is 18.9 Å². The topological polar surface area (TPSA) is 75.6 Å². The summed E-state index contributed by atoms with van der Waals surface area (Å²) in [6.07, 6.45) is -1.03. The zero-order valence-electron chi connectivity index (χ0n) is 17.9. The van der Waals surface area contributed by atoms with Crippen LogP contribution in [0.1, 0.15) is 23.1 Å². The molecule has 0 aliphatic carbocycles. The van der Waals surface area contributed by atoms with Crippen molar-refractivity contribution >= 4 is 18.0 Å². The summed E-state index contributed by atoms with van der Waals surface area (Å²) in [5.74, 6) is -0.221. The number of anilines is 1. The highest BCUT2D eigenvalue weighted by Gasteiger charge is 2.31. The molecule has 2 amide bonds. The minimum atomic E-state index is -4.78. The van der Waals surface area contributed by atoms with Gasteiger partial charge in [-0.1, -0.05) is 18.2 Å². The van der Waals surface area contributed by atoms with Gasteiger partial charge in [0.05, 0.1) is 17.8 Å². The van der Waals surface area contributed by atoms with Gasteiger partial charge in [-0.15, -0.1) is 13.2 Å². The highest BCUT2D eigenvalue weighted by molar-refractivity contribution is 6.02. The second-order valence-corrected chi connectivity index (χ2v) is 7.00. The number of aromatic nitrogens is 2. The number of carbonyl (C=O) groups excluding carboxylic acids is 2. The molecular weight excluding hydrogens is 437 g/mol. The van der Waals surface area contributed by atoms with Gasteiger partial charge in [0.15, 0.2) is 0 Å². The lowest BCUT2D eigenvalue weighted by Crippen LogP contribution is -2.32. The fourth-order valence-electron chi connectivity index (χ4n) is 3.18. The molecule has 0 unspecified atom stereocenters. The molecule has 0 radical (unpaired) electrons. The Balaban J connectivity index is 1.96. The molecule has 172 valence electrons. The third-order valence-corrected chi connectivity index (χ3v) is 4.81. The Morgan fingerprint density at radius 2 is 1.70 bits per heavy atom.